The molecule has 2 aliphatic rings. The highest BCUT2D eigenvalue weighted by molar-refractivity contribution is 5.97. The van der Waals surface area contributed by atoms with Gasteiger partial charge < -0.3 is 9.47 Å². The average Bonchev–Trinajstić information content (AvgIpc) is 3.00. The van der Waals surface area contributed by atoms with Gasteiger partial charge >= 0.3 is 0 Å². The average molecular weight is 353 g/mol. The maximum absolute atomic E-state index is 12.2. The molecule has 0 aromatic carbocycles. The van der Waals surface area contributed by atoms with Crippen LogP contribution in [0.15, 0.2) is 30.7 Å². The van der Waals surface area contributed by atoms with Gasteiger partial charge in [-0.25, -0.2) is 9.97 Å². The number of hydrogen-bond donors (Lipinski definition) is 0. The zero-order chi connectivity index (χ0) is 17.8. The summed E-state index contributed by atoms with van der Waals surface area (Å²) in [5, 5.41) is 0. The molecule has 0 unspecified atom stereocenters. The van der Waals surface area contributed by atoms with Crippen molar-refractivity contribution in [1.82, 2.24) is 19.4 Å². The summed E-state index contributed by atoms with van der Waals surface area (Å²) in [5.74, 6) is 1.17. The summed E-state index contributed by atoms with van der Waals surface area (Å²) in [6, 6.07) is 3.89. The summed E-state index contributed by atoms with van der Waals surface area (Å²) in [5.41, 5.74) is 2.23. The maximum atomic E-state index is 12.2. The van der Waals surface area contributed by atoms with Gasteiger partial charge in [0, 0.05) is 69.0 Å². The number of ketones is 1. The molecule has 0 spiro atoms. The third-order valence-corrected chi connectivity index (χ3v) is 5.53. The lowest BCUT2D eigenvalue weighted by atomic mass is 10.1. The second-order valence-corrected chi connectivity index (χ2v) is 7.23. The van der Waals surface area contributed by atoms with Gasteiger partial charge in [-0.2, -0.15) is 0 Å². The lowest BCUT2D eigenvalue weighted by Gasteiger charge is -2.34. The molecular formula is C20H27N5O. The van der Waals surface area contributed by atoms with Crippen LogP contribution in [0.4, 0.5) is 5.95 Å². The number of hydrogen-bond acceptors (Lipinski definition) is 5. The summed E-state index contributed by atoms with van der Waals surface area (Å²) in [6.07, 6.45) is 10.8. The molecule has 6 heteroatoms. The van der Waals surface area contributed by atoms with Crippen molar-refractivity contribution < 1.29 is 4.79 Å². The van der Waals surface area contributed by atoms with E-state index >= 15 is 0 Å². The van der Waals surface area contributed by atoms with E-state index in [1.165, 1.54) is 5.69 Å². The SMILES string of the molecule is O=C1CCCCc2c1ccn2CCCN1CCN(c2ncccn2)CC1. The number of aryl methyl sites for hydroxylation is 1. The molecule has 0 saturated carbocycles. The molecular weight excluding hydrogens is 326 g/mol. The Bertz CT molecular complexity index is 734. The molecule has 0 N–H and O–H groups in total. The van der Waals surface area contributed by atoms with Gasteiger partial charge in [0.25, 0.3) is 0 Å². The Labute approximate surface area is 154 Å². The van der Waals surface area contributed by atoms with Crippen LogP contribution in [0.5, 0.6) is 0 Å². The first-order valence-electron chi connectivity index (χ1n) is 9.77. The molecule has 1 fully saturated rings. The monoisotopic (exact) mass is 353 g/mol. The fraction of sp³-hybridized carbons (Fsp3) is 0.550. The molecule has 26 heavy (non-hydrogen) atoms. The van der Waals surface area contributed by atoms with E-state index in [-0.39, 0.29) is 0 Å². The van der Waals surface area contributed by atoms with Gasteiger partial charge in [-0.1, -0.05) is 0 Å². The van der Waals surface area contributed by atoms with Gasteiger partial charge in [0.1, 0.15) is 0 Å². The number of fused-ring (bicyclic) bond motifs is 1. The van der Waals surface area contributed by atoms with E-state index in [1.807, 2.05) is 12.1 Å². The number of rotatable bonds is 5. The van der Waals surface area contributed by atoms with Crippen molar-refractivity contribution in [2.75, 3.05) is 37.6 Å². The number of aromatic nitrogens is 3. The van der Waals surface area contributed by atoms with Crippen LogP contribution in [0.2, 0.25) is 0 Å². The van der Waals surface area contributed by atoms with Crippen LogP contribution in [-0.4, -0.2) is 57.9 Å². The predicted molar refractivity (Wildman–Crippen MR) is 102 cm³/mol. The largest absolute Gasteiger partial charge is 0.351 e. The van der Waals surface area contributed by atoms with Crippen LogP contribution < -0.4 is 4.90 Å². The third-order valence-electron chi connectivity index (χ3n) is 5.53. The summed E-state index contributed by atoms with van der Waals surface area (Å²) in [7, 11) is 0. The van der Waals surface area contributed by atoms with Crippen LogP contribution >= 0.6 is 0 Å². The normalized spacial score (nSPS) is 18.6. The molecule has 1 aliphatic carbocycles. The standard InChI is InChI=1S/C20H27N5O/c26-19-6-2-1-5-18-17(19)7-12-24(18)11-4-10-23-13-15-25(16-14-23)20-21-8-3-9-22-20/h3,7-9,12H,1-2,4-6,10-11,13-16H2. The van der Waals surface area contributed by atoms with Gasteiger partial charge in [0.05, 0.1) is 0 Å². The lowest BCUT2D eigenvalue weighted by Crippen LogP contribution is -2.47. The molecule has 2 aromatic rings. The Morgan fingerprint density at radius 1 is 0.962 bits per heavy atom. The topological polar surface area (TPSA) is 54.3 Å². The van der Waals surface area contributed by atoms with Gasteiger partial charge in [-0.3, -0.25) is 9.69 Å². The van der Waals surface area contributed by atoms with Gasteiger partial charge in [-0.05, 0) is 44.4 Å². The van der Waals surface area contributed by atoms with Gasteiger partial charge in [-0.15, -0.1) is 0 Å². The molecule has 2 aromatic heterocycles. The summed E-state index contributed by atoms with van der Waals surface area (Å²) in [6.45, 7) is 6.19. The van der Waals surface area contributed by atoms with E-state index in [4.69, 9.17) is 0 Å². The number of Topliss-reactive ketones (excluding diaryl/α,β-unsaturated/α-hetero) is 1. The molecule has 0 atom stereocenters. The van der Waals surface area contributed by atoms with E-state index < -0.39 is 0 Å². The van der Waals surface area contributed by atoms with Crippen LogP contribution in [0, 0.1) is 0 Å². The molecule has 1 aliphatic heterocycles. The Morgan fingerprint density at radius 2 is 1.73 bits per heavy atom. The van der Waals surface area contributed by atoms with E-state index in [9.17, 15) is 4.79 Å². The highest BCUT2D eigenvalue weighted by Gasteiger charge is 2.20. The minimum atomic E-state index is 0.329. The molecule has 138 valence electrons. The minimum Gasteiger partial charge on any atom is -0.351 e. The number of anilines is 1. The second kappa shape index (κ2) is 7.99. The molecule has 0 bridgehead atoms. The number of nitrogens with zero attached hydrogens (tertiary/aromatic N) is 5. The Balaban J connectivity index is 1.26. The highest BCUT2D eigenvalue weighted by atomic mass is 16.1. The van der Waals surface area contributed by atoms with Crippen LogP contribution in [-0.2, 0) is 13.0 Å². The predicted octanol–water partition coefficient (Wildman–Crippen LogP) is 2.40. The first-order valence-corrected chi connectivity index (χ1v) is 9.77. The number of carbonyl (C=O) groups excluding carboxylic acids is 1. The maximum Gasteiger partial charge on any atom is 0.225 e. The van der Waals surface area contributed by atoms with E-state index in [2.05, 4.69) is 30.5 Å². The minimum absolute atomic E-state index is 0.329. The van der Waals surface area contributed by atoms with Crippen LogP contribution in [0.1, 0.15) is 41.7 Å². The van der Waals surface area contributed by atoms with E-state index in [0.717, 1.165) is 76.5 Å². The zero-order valence-corrected chi connectivity index (χ0v) is 15.3. The quantitative estimate of drug-likeness (QED) is 0.773. The summed E-state index contributed by atoms with van der Waals surface area (Å²) in [4.78, 5) is 25.6. The fourth-order valence-corrected chi connectivity index (χ4v) is 4.05. The molecule has 3 heterocycles. The fourth-order valence-electron chi connectivity index (χ4n) is 4.05. The highest BCUT2D eigenvalue weighted by Crippen LogP contribution is 2.22. The number of carbonyl (C=O) groups is 1. The van der Waals surface area contributed by atoms with Crippen molar-refractivity contribution in [3.05, 3.63) is 42.0 Å². The second-order valence-electron chi connectivity index (χ2n) is 7.23. The van der Waals surface area contributed by atoms with Crippen molar-refractivity contribution in [2.24, 2.45) is 0 Å². The van der Waals surface area contributed by atoms with Crippen molar-refractivity contribution in [1.29, 1.82) is 0 Å². The Morgan fingerprint density at radius 3 is 2.54 bits per heavy atom. The smallest absolute Gasteiger partial charge is 0.225 e. The van der Waals surface area contributed by atoms with Crippen molar-refractivity contribution >= 4 is 11.7 Å². The van der Waals surface area contributed by atoms with E-state index in [0.29, 0.717) is 12.2 Å². The molecule has 6 nitrogen and oxygen atoms in total. The molecule has 1 saturated heterocycles. The summed E-state index contributed by atoms with van der Waals surface area (Å²) < 4.78 is 2.31. The lowest BCUT2D eigenvalue weighted by molar-refractivity contribution is 0.0982. The van der Waals surface area contributed by atoms with Crippen molar-refractivity contribution in [3.63, 3.8) is 0 Å². The van der Waals surface area contributed by atoms with Gasteiger partial charge in [0.15, 0.2) is 5.78 Å². The summed E-state index contributed by atoms with van der Waals surface area (Å²) >= 11 is 0. The zero-order valence-electron chi connectivity index (χ0n) is 15.3. The third kappa shape index (κ3) is 3.80. The number of piperazine rings is 1. The Hall–Kier alpha value is -2.21. The van der Waals surface area contributed by atoms with Crippen molar-refractivity contribution in [2.45, 2.75) is 38.6 Å². The van der Waals surface area contributed by atoms with Crippen LogP contribution in [0.25, 0.3) is 0 Å². The Kier molecular flexibility index (Phi) is 5.29. The first kappa shape index (κ1) is 17.2. The van der Waals surface area contributed by atoms with Gasteiger partial charge in [0.2, 0.25) is 5.95 Å². The first-order chi connectivity index (χ1) is 12.8. The van der Waals surface area contributed by atoms with Crippen LogP contribution in [0.3, 0.4) is 0 Å². The molecule has 0 radical (unpaired) electrons. The molecule has 4 rings (SSSR count). The molecule has 0 amide bonds. The van der Waals surface area contributed by atoms with Crippen molar-refractivity contribution in [3.8, 4) is 0 Å². The van der Waals surface area contributed by atoms with E-state index in [1.54, 1.807) is 12.4 Å².